The van der Waals surface area contributed by atoms with Gasteiger partial charge in [-0.1, -0.05) is 23.8 Å². The number of sulfonamides is 1. The Morgan fingerprint density at radius 2 is 2.05 bits per heavy atom. The molecule has 1 heterocycles. The first-order chi connectivity index (χ1) is 9.24. The molecule has 1 aliphatic heterocycles. The maximum absolute atomic E-state index is 12.0. The van der Waals surface area contributed by atoms with E-state index < -0.39 is 10.0 Å². The van der Waals surface area contributed by atoms with Crippen LogP contribution in [0, 0.1) is 19.8 Å². The molecule has 5 nitrogen and oxygen atoms in total. The van der Waals surface area contributed by atoms with Crippen LogP contribution in [0.1, 0.15) is 23.1 Å². The van der Waals surface area contributed by atoms with Gasteiger partial charge in [-0.3, -0.25) is 4.79 Å². The summed E-state index contributed by atoms with van der Waals surface area (Å²) in [5.41, 5.74) is 3.39. The van der Waals surface area contributed by atoms with Gasteiger partial charge in [-0.15, -0.1) is 0 Å². The summed E-state index contributed by atoms with van der Waals surface area (Å²) >= 11 is 0. The summed E-state index contributed by atoms with van der Waals surface area (Å²) in [6.07, 6.45) is 0.265. The number of aryl methyl sites for hydroxylation is 2. The minimum atomic E-state index is -3.52. The van der Waals surface area contributed by atoms with Crippen LogP contribution in [-0.2, 0) is 21.4 Å². The number of nitrogens with two attached hydrogens (primary N) is 1. The summed E-state index contributed by atoms with van der Waals surface area (Å²) in [5.74, 6) is -0.315. The largest absolute Gasteiger partial charge is 0.338 e. The first kappa shape index (κ1) is 15.0. The standard InChI is InChI=1S/C14H20N2O3S/c1-10-3-4-11(2)13(5-10)8-16-7-12(6-14(16)17)9-20(15,18)19/h3-5,12H,6-9H2,1-2H3,(H2,15,18,19). The molecule has 1 atom stereocenters. The molecule has 1 unspecified atom stereocenters. The van der Waals surface area contributed by atoms with Gasteiger partial charge in [0.05, 0.1) is 5.75 Å². The molecule has 1 aromatic rings. The van der Waals surface area contributed by atoms with Gasteiger partial charge in [-0.05, 0) is 25.0 Å². The number of hydrogen-bond acceptors (Lipinski definition) is 3. The van der Waals surface area contributed by atoms with Crippen LogP contribution in [0.15, 0.2) is 18.2 Å². The second-order valence-electron chi connectivity index (χ2n) is 5.60. The Labute approximate surface area is 119 Å². The van der Waals surface area contributed by atoms with Gasteiger partial charge in [0.2, 0.25) is 15.9 Å². The van der Waals surface area contributed by atoms with E-state index in [0.29, 0.717) is 13.1 Å². The highest BCUT2D eigenvalue weighted by Gasteiger charge is 2.31. The van der Waals surface area contributed by atoms with Gasteiger partial charge in [0.15, 0.2) is 0 Å². The van der Waals surface area contributed by atoms with Crippen LogP contribution in [-0.4, -0.2) is 31.5 Å². The molecule has 1 aromatic carbocycles. The summed E-state index contributed by atoms with van der Waals surface area (Å²) < 4.78 is 22.2. The van der Waals surface area contributed by atoms with Crippen molar-refractivity contribution in [2.45, 2.75) is 26.8 Å². The minimum absolute atomic E-state index is 0.000411. The summed E-state index contributed by atoms with van der Waals surface area (Å²) in [4.78, 5) is 13.7. The maximum atomic E-state index is 12.0. The normalized spacial score (nSPS) is 19.6. The summed E-state index contributed by atoms with van der Waals surface area (Å²) in [5, 5.41) is 5.05. The molecule has 1 fully saturated rings. The third-order valence-electron chi connectivity index (χ3n) is 3.63. The Bertz CT molecular complexity index is 625. The Morgan fingerprint density at radius 1 is 1.35 bits per heavy atom. The molecule has 0 radical (unpaired) electrons. The second-order valence-corrected chi connectivity index (χ2v) is 7.26. The fourth-order valence-corrected chi connectivity index (χ4v) is 3.50. The Hall–Kier alpha value is -1.40. The molecule has 0 aliphatic carbocycles. The lowest BCUT2D eigenvalue weighted by molar-refractivity contribution is -0.128. The minimum Gasteiger partial charge on any atom is -0.338 e. The molecule has 6 heteroatoms. The van der Waals surface area contributed by atoms with Gasteiger partial charge in [0.1, 0.15) is 0 Å². The summed E-state index contributed by atoms with van der Waals surface area (Å²) in [7, 11) is -3.52. The van der Waals surface area contributed by atoms with Gasteiger partial charge in [-0.25, -0.2) is 13.6 Å². The van der Waals surface area contributed by atoms with E-state index in [2.05, 4.69) is 6.07 Å². The molecular formula is C14H20N2O3S. The van der Waals surface area contributed by atoms with Gasteiger partial charge >= 0.3 is 0 Å². The highest BCUT2D eigenvalue weighted by Crippen LogP contribution is 2.22. The number of carbonyl (C=O) groups excluding carboxylic acids is 1. The molecule has 2 rings (SSSR count). The van der Waals surface area contributed by atoms with E-state index in [0.717, 1.165) is 16.7 Å². The van der Waals surface area contributed by atoms with Crippen molar-refractivity contribution in [1.29, 1.82) is 0 Å². The van der Waals surface area contributed by atoms with Crippen LogP contribution >= 0.6 is 0 Å². The molecule has 1 saturated heterocycles. The summed E-state index contributed by atoms with van der Waals surface area (Å²) in [6, 6.07) is 6.14. The number of benzene rings is 1. The smallest absolute Gasteiger partial charge is 0.223 e. The quantitative estimate of drug-likeness (QED) is 0.898. The van der Waals surface area contributed by atoms with Crippen LogP contribution in [0.4, 0.5) is 0 Å². The third kappa shape index (κ3) is 3.80. The molecule has 1 aliphatic rings. The molecule has 110 valence electrons. The second kappa shape index (κ2) is 5.54. The van der Waals surface area contributed by atoms with Gasteiger partial charge in [0.25, 0.3) is 0 Å². The molecule has 2 N–H and O–H groups in total. The zero-order valence-corrected chi connectivity index (χ0v) is 12.6. The van der Waals surface area contributed by atoms with Crippen LogP contribution in [0.2, 0.25) is 0 Å². The molecule has 0 aromatic heterocycles. The van der Waals surface area contributed by atoms with Crippen LogP contribution in [0.3, 0.4) is 0 Å². The number of nitrogens with zero attached hydrogens (tertiary/aromatic N) is 1. The van der Waals surface area contributed by atoms with Crippen molar-refractivity contribution in [2.24, 2.45) is 11.1 Å². The van der Waals surface area contributed by atoms with E-state index in [4.69, 9.17) is 5.14 Å². The maximum Gasteiger partial charge on any atom is 0.223 e. The highest BCUT2D eigenvalue weighted by molar-refractivity contribution is 7.89. The lowest BCUT2D eigenvalue weighted by atomic mass is 10.1. The van der Waals surface area contributed by atoms with E-state index in [1.807, 2.05) is 26.0 Å². The topological polar surface area (TPSA) is 80.5 Å². The number of carbonyl (C=O) groups is 1. The average Bonchev–Trinajstić information content (AvgIpc) is 2.62. The lowest BCUT2D eigenvalue weighted by Crippen LogP contribution is -2.27. The molecule has 0 bridgehead atoms. The Kier molecular flexibility index (Phi) is 4.15. The van der Waals surface area contributed by atoms with E-state index in [1.165, 1.54) is 0 Å². The van der Waals surface area contributed by atoms with Crippen LogP contribution < -0.4 is 5.14 Å². The number of amides is 1. The zero-order valence-electron chi connectivity index (χ0n) is 11.8. The Balaban J connectivity index is 2.07. The van der Waals surface area contributed by atoms with Crippen LogP contribution in [0.25, 0.3) is 0 Å². The van der Waals surface area contributed by atoms with E-state index in [9.17, 15) is 13.2 Å². The predicted molar refractivity (Wildman–Crippen MR) is 77.4 cm³/mol. The van der Waals surface area contributed by atoms with Crippen molar-refractivity contribution in [3.63, 3.8) is 0 Å². The SMILES string of the molecule is Cc1ccc(C)c(CN2CC(CS(N)(=O)=O)CC2=O)c1. The highest BCUT2D eigenvalue weighted by atomic mass is 32.2. The number of hydrogen-bond donors (Lipinski definition) is 1. The molecule has 0 saturated carbocycles. The van der Waals surface area contributed by atoms with Crippen molar-refractivity contribution in [2.75, 3.05) is 12.3 Å². The van der Waals surface area contributed by atoms with E-state index in [-0.39, 0.29) is 24.0 Å². The van der Waals surface area contributed by atoms with Crippen molar-refractivity contribution in [1.82, 2.24) is 4.90 Å². The fraction of sp³-hybridized carbons (Fsp3) is 0.500. The van der Waals surface area contributed by atoms with Gasteiger partial charge in [0, 0.05) is 25.4 Å². The Morgan fingerprint density at radius 3 is 2.70 bits per heavy atom. The van der Waals surface area contributed by atoms with E-state index in [1.54, 1.807) is 4.90 Å². The van der Waals surface area contributed by atoms with Crippen molar-refractivity contribution in [3.8, 4) is 0 Å². The van der Waals surface area contributed by atoms with Crippen LogP contribution in [0.5, 0.6) is 0 Å². The number of rotatable bonds is 4. The first-order valence-electron chi connectivity index (χ1n) is 6.59. The monoisotopic (exact) mass is 296 g/mol. The van der Waals surface area contributed by atoms with Crippen molar-refractivity contribution < 1.29 is 13.2 Å². The molecule has 20 heavy (non-hydrogen) atoms. The predicted octanol–water partition coefficient (Wildman–Crippen LogP) is 0.940. The van der Waals surface area contributed by atoms with Crippen molar-refractivity contribution >= 4 is 15.9 Å². The van der Waals surface area contributed by atoms with Gasteiger partial charge < -0.3 is 4.90 Å². The third-order valence-corrected chi connectivity index (χ3v) is 4.56. The molecule has 0 spiro atoms. The molecule has 1 amide bonds. The summed E-state index contributed by atoms with van der Waals surface area (Å²) in [6.45, 7) is 5.02. The van der Waals surface area contributed by atoms with E-state index >= 15 is 0 Å². The van der Waals surface area contributed by atoms with Crippen molar-refractivity contribution in [3.05, 3.63) is 34.9 Å². The fourth-order valence-electron chi connectivity index (χ4n) is 2.62. The first-order valence-corrected chi connectivity index (χ1v) is 8.30. The average molecular weight is 296 g/mol. The number of primary sulfonamides is 1. The number of likely N-dealkylation sites (tertiary alicyclic amines) is 1. The van der Waals surface area contributed by atoms with Gasteiger partial charge in [-0.2, -0.15) is 0 Å². The molecular weight excluding hydrogens is 276 g/mol. The zero-order chi connectivity index (χ0) is 14.9. The lowest BCUT2D eigenvalue weighted by Gasteiger charge is -2.18.